The fourth-order valence-corrected chi connectivity index (χ4v) is 3.53. The molecule has 7 N–H and O–H groups in total. The van der Waals surface area contributed by atoms with Gasteiger partial charge in [-0.15, -0.1) is 0 Å². The van der Waals surface area contributed by atoms with Crippen LogP contribution in [0.3, 0.4) is 0 Å². The Labute approximate surface area is 188 Å². The van der Waals surface area contributed by atoms with E-state index in [4.69, 9.17) is 5.73 Å². The van der Waals surface area contributed by atoms with Gasteiger partial charge in [0.1, 0.15) is 12.1 Å². The molecule has 3 unspecified atom stereocenters. The molecule has 0 spiro atoms. The number of hydrogen-bond donors (Lipinski definition) is 6. The lowest BCUT2D eigenvalue weighted by molar-refractivity contribution is -0.136. The summed E-state index contributed by atoms with van der Waals surface area (Å²) < 4.78 is 0. The number of benzene rings is 1. The van der Waals surface area contributed by atoms with Crippen molar-refractivity contribution in [2.75, 3.05) is 0 Å². The van der Waals surface area contributed by atoms with Crippen molar-refractivity contribution in [2.45, 2.75) is 65.1 Å². The largest absolute Gasteiger partial charge is 0.361 e. The Kier molecular flexibility index (Phi) is 9.22. The van der Waals surface area contributed by atoms with Gasteiger partial charge in [-0.05, 0) is 23.5 Å². The number of nitrogens with one attached hydrogen (secondary N) is 4. The number of H-pyrrole nitrogens is 1. The number of rotatable bonds is 11. The summed E-state index contributed by atoms with van der Waals surface area (Å²) in [6.07, 6.45) is 3.30. The standard InChI is InChI=1S/C23H35N5O4/c1-5-13(3)19(24)22(30)27-20(14(4)6-2)23(31)26-18(21(29)28-32)11-15-12-25-17-10-8-7-9-16(15)17/h7-10,12-14,18-20,25,32H,5-6,11,24H2,1-4H3,(H,26,31)(H,27,30)(H,28,29)/t13?,14?,18-,19?,20-/m0/s1. The Hall–Kier alpha value is -2.91. The molecular weight excluding hydrogens is 410 g/mol. The quantitative estimate of drug-likeness (QED) is 0.229. The maximum absolute atomic E-state index is 13.1. The van der Waals surface area contributed by atoms with Crippen LogP contribution in [-0.4, -0.2) is 46.0 Å². The second kappa shape index (κ2) is 11.6. The van der Waals surface area contributed by atoms with Gasteiger partial charge in [-0.25, -0.2) is 5.48 Å². The summed E-state index contributed by atoms with van der Waals surface area (Å²) in [6, 6.07) is 4.98. The molecule has 0 aliphatic carbocycles. The number of carbonyl (C=O) groups excluding carboxylic acids is 3. The van der Waals surface area contributed by atoms with Crippen molar-refractivity contribution in [3.8, 4) is 0 Å². The molecule has 1 aromatic heterocycles. The summed E-state index contributed by atoms with van der Waals surface area (Å²) in [7, 11) is 0. The first-order valence-corrected chi connectivity index (χ1v) is 11.1. The van der Waals surface area contributed by atoms with Crippen LogP contribution in [0.4, 0.5) is 0 Å². The van der Waals surface area contributed by atoms with Crippen molar-refractivity contribution in [3.05, 3.63) is 36.0 Å². The molecule has 32 heavy (non-hydrogen) atoms. The highest BCUT2D eigenvalue weighted by Crippen LogP contribution is 2.19. The third kappa shape index (κ3) is 6.08. The number of fused-ring (bicyclic) bond motifs is 1. The highest BCUT2D eigenvalue weighted by Gasteiger charge is 2.32. The molecule has 2 aromatic rings. The highest BCUT2D eigenvalue weighted by molar-refractivity contribution is 5.93. The predicted octanol–water partition coefficient (Wildman–Crippen LogP) is 1.60. The zero-order chi connectivity index (χ0) is 23.8. The van der Waals surface area contributed by atoms with Gasteiger partial charge in [-0.3, -0.25) is 19.6 Å². The van der Waals surface area contributed by atoms with Crippen LogP contribution in [0.25, 0.3) is 10.9 Å². The first-order chi connectivity index (χ1) is 15.2. The molecular formula is C23H35N5O4. The molecule has 0 saturated heterocycles. The van der Waals surface area contributed by atoms with E-state index < -0.39 is 35.8 Å². The average Bonchev–Trinajstić information content (AvgIpc) is 3.22. The first kappa shape index (κ1) is 25.4. The molecule has 0 radical (unpaired) electrons. The average molecular weight is 446 g/mol. The van der Waals surface area contributed by atoms with Crippen LogP contribution >= 0.6 is 0 Å². The maximum atomic E-state index is 13.1. The summed E-state index contributed by atoms with van der Waals surface area (Å²) in [4.78, 5) is 41.2. The molecule has 1 aromatic carbocycles. The summed E-state index contributed by atoms with van der Waals surface area (Å²) in [5.41, 5.74) is 9.38. The van der Waals surface area contributed by atoms with E-state index >= 15 is 0 Å². The summed E-state index contributed by atoms with van der Waals surface area (Å²) in [6.45, 7) is 7.58. The molecule has 1 heterocycles. The minimum Gasteiger partial charge on any atom is -0.361 e. The van der Waals surface area contributed by atoms with Crippen molar-refractivity contribution in [1.82, 2.24) is 21.1 Å². The lowest BCUT2D eigenvalue weighted by Crippen LogP contribution is -2.58. The second-order valence-corrected chi connectivity index (χ2v) is 8.38. The van der Waals surface area contributed by atoms with Gasteiger partial charge in [0.15, 0.2) is 0 Å². The van der Waals surface area contributed by atoms with E-state index in [1.807, 2.05) is 52.0 Å². The van der Waals surface area contributed by atoms with Gasteiger partial charge in [0, 0.05) is 23.5 Å². The van der Waals surface area contributed by atoms with Crippen molar-refractivity contribution in [2.24, 2.45) is 17.6 Å². The fourth-order valence-electron chi connectivity index (χ4n) is 3.53. The lowest BCUT2D eigenvalue weighted by Gasteiger charge is -2.28. The number of aromatic amines is 1. The monoisotopic (exact) mass is 445 g/mol. The molecule has 0 fully saturated rings. The van der Waals surface area contributed by atoms with E-state index in [2.05, 4.69) is 15.6 Å². The number of amides is 3. The van der Waals surface area contributed by atoms with Crippen molar-refractivity contribution in [3.63, 3.8) is 0 Å². The molecule has 9 nitrogen and oxygen atoms in total. The van der Waals surface area contributed by atoms with Crippen LogP contribution in [0.15, 0.2) is 30.5 Å². The van der Waals surface area contributed by atoms with E-state index in [1.54, 1.807) is 11.7 Å². The molecule has 0 bridgehead atoms. The molecule has 0 aliphatic rings. The highest BCUT2D eigenvalue weighted by atomic mass is 16.5. The van der Waals surface area contributed by atoms with E-state index in [0.717, 1.165) is 22.9 Å². The lowest BCUT2D eigenvalue weighted by atomic mass is 9.95. The Balaban J connectivity index is 2.20. The van der Waals surface area contributed by atoms with E-state index in [-0.39, 0.29) is 18.3 Å². The molecule has 0 saturated carbocycles. The predicted molar refractivity (Wildman–Crippen MR) is 123 cm³/mol. The van der Waals surface area contributed by atoms with Crippen LogP contribution < -0.4 is 21.8 Å². The maximum Gasteiger partial charge on any atom is 0.266 e. The topological polar surface area (TPSA) is 149 Å². The Morgan fingerprint density at radius 3 is 2.28 bits per heavy atom. The van der Waals surface area contributed by atoms with E-state index in [9.17, 15) is 19.6 Å². The number of para-hydroxylation sites is 1. The van der Waals surface area contributed by atoms with Crippen molar-refractivity contribution < 1.29 is 19.6 Å². The van der Waals surface area contributed by atoms with Crippen LogP contribution in [0.2, 0.25) is 0 Å². The van der Waals surface area contributed by atoms with Gasteiger partial charge in [0.2, 0.25) is 11.8 Å². The number of carbonyl (C=O) groups is 3. The van der Waals surface area contributed by atoms with Crippen molar-refractivity contribution in [1.29, 1.82) is 0 Å². The number of hydrogen-bond acceptors (Lipinski definition) is 5. The van der Waals surface area contributed by atoms with Gasteiger partial charge < -0.3 is 21.4 Å². The summed E-state index contributed by atoms with van der Waals surface area (Å²) >= 11 is 0. The third-order valence-corrected chi connectivity index (χ3v) is 6.20. The third-order valence-electron chi connectivity index (χ3n) is 6.20. The van der Waals surface area contributed by atoms with Gasteiger partial charge in [0.05, 0.1) is 6.04 Å². The summed E-state index contributed by atoms with van der Waals surface area (Å²) in [5, 5.41) is 15.6. The van der Waals surface area contributed by atoms with Gasteiger partial charge in [-0.2, -0.15) is 0 Å². The normalized spacial score (nSPS) is 15.9. The van der Waals surface area contributed by atoms with Crippen molar-refractivity contribution >= 4 is 28.6 Å². The Morgan fingerprint density at radius 2 is 1.66 bits per heavy atom. The number of nitrogens with two attached hydrogens (primary N) is 1. The minimum atomic E-state index is -1.03. The SMILES string of the molecule is CCC(C)C(N)C(=O)N[C@H](C(=O)N[C@@H](Cc1c[nH]c2ccccc12)C(=O)NO)C(C)CC. The van der Waals surface area contributed by atoms with Crippen LogP contribution in [0.1, 0.15) is 46.1 Å². The van der Waals surface area contributed by atoms with Gasteiger partial charge in [0.25, 0.3) is 5.91 Å². The van der Waals surface area contributed by atoms with Crippen LogP contribution in [0, 0.1) is 11.8 Å². The molecule has 2 rings (SSSR count). The first-order valence-electron chi connectivity index (χ1n) is 11.1. The van der Waals surface area contributed by atoms with Crippen LogP contribution in [0.5, 0.6) is 0 Å². The number of hydroxylamine groups is 1. The fraction of sp³-hybridized carbons (Fsp3) is 0.522. The summed E-state index contributed by atoms with van der Waals surface area (Å²) in [5.74, 6) is -1.87. The van der Waals surface area contributed by atoms with Gasteiger partial charge in [-0.1, -0.05) is 58.7 Å². The Bertz CT molecular complexity index is 928. The Morgan fingerprint density at radius 1 is 1.00 bits per heavy atom. The molecule has 3 amide bonds. The van der Waals surface area contributed by atoms with E-state index in [1.165, 1.54) is 0 Å². The molecule has 9 heteroatoms. The molecule has 176 valence electrons. The minimum absolute atomic E-state index is 0.0366. The smallest absolute Gasteiger partial charge is 0.266 e. The zero-order valence-corrected chi connectivity index (χ0v) is 19.1. The van der Waals surface area contributed by atoms with Crippen LogP contribution in [-0.2, 0) is 20.8 Å². The second-order valence-electron chi connectivity index (χ2n) is 8.38. The molecule has 0 aliphatic heterocycles. The van der Waals surface area contributed by atoms with Gasteiger partial charge >= 0.3 is 0 Å². The van der Waals surface area contributed by atoms with E-state index in [0.29, 0.717) is 6.42 Å². The number of aromatic nitrogens is 1. The zero-order valence-electron chi connectivity index (χ0n) is 19.1. The molecule has 5 atom stereocenters.